The fourth-order valence-corrected chi connectivity index (χ4v) is 3.04. The Balaban J connectivity index is 2.57. The summed E-state index contributed by atoms with van der Waals surface area (Å²) in [5.74, 6) is 0. The minimum absolute atomic E-state index is 0.479. The number of rotatable bonds is 6. The molecule has 0 saturated heterocycles. The predicted molar refractivity (Wildman–Crippen MR) is 70.0 cm³/mol. The van der Waals surface area contributed by atoms with Crippen LogP contribution in [0.15, 0.2) is 6.07 Å². The van der Waals surface area contributed by atoms with Crippen LogP contribution in [0.25, 0.3) is 0 Å². The maximum atomic E-state index is 6.08. The van der Waals surface area contributed by atoms with Gasteiger partial charge in [-0.1, -0.05) is 37.8 Å². The second-order valence-corrected chi connectivity index (χ2v) is 5.63. The van der Waals surface area contributed by atoms with Crippen LogP contribution in [0.4, 0.5) is 0 Å². The Morgan fingerprint density at radius 1 is 1.47 bits per heavy atom. The number of hydrogen-bond donors (Lipinski definition) is 1. The van der Waals surface area contributed by atoms with E-state index < -0.39 is 0 Å². The zero-order chi connectivity index (χ0) is 11.3. The van der Waals surface area contributed by atoms with Gasteiger partial charge < -0.3 is 5.32 Å². The average molecular weight is 246 g/mol. The highest BCUT2D eigenvalue weighted by Crippen LogP contribution is 2.32. The van der Waals surface area contributed by atoms with Gasteiger partial charge in [-0.05, 0) is 32.0 Å². The van der Waals surface area contributed by atoms with Crippen molar-refractivity contribution in [2.45, 2.75) is 45.6 Å². The molecule has 0 saturated carbocycles. The molecule has 0 fully saturated rings. The third-order valence-corrected chi connectivity index (χ3v) is 4.33. The van der Waals surface area contributed by atoms with Gasteiger partial charge in [0, 0.05) is 10.9 Å². The average Bonchev–Trinajstić information content (AvgIpc) is 2.54. The van der Waals surface area contributed by atoms with Gasteiger partial charge in [-0.2, -0.15) is 0 Å². The normalized spacial score (nSPS) is 13.1. The Labute approximate surface area is 102 Å². The molecule has 0 aliphatic carbocycles. The monoisotopic (exact) mass is 245 g/mol. The van der Waals surface area contributed by atoms with E-state index in [1.54, 1.807) is 11.3 Å². The summed E-state index contributed by atoms with van der Waals surface area (Å²) in [6.07, 6.45) is 5.09. The summed E-state index contributed by atoms with van der Waals surface area (Å²) in [6.45, 7) is 4.31. The summed E-state index contributed by atoms with van der Waals surface area (Å²) in [4.78, 5) is 1.37. The van der Waals surface area contributed by atoms with E-state index in [2.05, 4.69) is 25.2 Å². The van der Waals surface area contributed by atoms with Crippen molar-refractivity contribution in [1.29, 1.82) is 0 Å². The van der Waals surface area contributed by atoms with Crippen LogP contribution < -0.4 is 5.32 Å². The topological polar surface area (TPSA) is 12.0 Å². The zero-order valence-corrected chi connectivity index (χ0v) is 11.3. The minimum atomic E-state index is 0.479. The molecule has 1 atom stereocenters. The number of unbranched alkanes of at least 4 members (excludes halogenated alkanes) is 2. The Kier molecular flexibility index (Phi) is 5.65. The van der Waals surface area contributed by atoms with E-state index in [9.17, 15) is 0 Å². The lowest BCUT2D eigenvalue weighted by Gasteiger charge is -2.13. The van der Waals surface area contributed by atoms with Crippen LogP contribution in [0.3, 0.4) is 0 Å². The fraction of sp³-hybridized carbons (Fsp3) is 0.667. The molecule has 0 radical (unpaired) electrons. The van der Waals surface area contributed by atoms with Crippen LogP contribution in [-0.4, -0.2) is 7.05 Å². The summed E-state index contributed by atoms with van der Waals surface area (Å²) in [5.41, 5.74) is 1.20. The summed E-state index contributed by atoms with van der Waals surface area (Å²) in [5, 5.41) is 3.37. The summed E-state index contributed by atoms with van der Waals surface area (Å²) < 4.78 is 0.931. The van der Waals surface area contributed by atoms with Crippen molar-refractivity contribution in [1.82, 2.24) is 5.32 Å². The van der Waals surface area contributed by atoms with E-state index in [1.165, 1.54) is 36.1 Å². The fourth-order valence-electron chi connectivity index (χ4n) is 1.68. The molecule has 0 aliphatic heterocycles. The molecule has 0 aliphatic rings. The molecule has 1 aromatic rings. The highest BCUT2D eigenvalue weighted by Gasteiger charge is 2.12. The minimum Gasteiger partial charge on any atom is -0.312 e. The number of halogens is 1. The highest BCUT2D eigenvalue weighted by atomic mass is 35.5. The van der Waals surface area contributed by atoms with Gasteiger partial charge in [-0.25, -0.2) is 0 Å². The maximum absolute atomic E-state index is 6.08. The van der Waals surface area contributed by atoms with Gasteiger partial charge in [0.05, 0.1) is 4.34 Å². The van der Waals surface area contributed by atoms with Gasteiger partial charge in [-0.15, -0.1) is 11.3 Å². The van der Waals surface area contributed by atoms with Crippen LogP contribution >= 0.6 is 22.9 Å². The SMILES string of the molecule is CCCCCC(NC)c1cc(C)c(Cl)s1. The van der Waals surface area contributed by atoms with Gasteiger partial charge in [0.25, 0.3) is 0 Å². The van der Waals surface area contributed by atoms with Crippen molar-refractivity contribution >= 4 is 22.9 Å². The summed E-state index contributed by atoms with van der Waals surface area (Å²) in [6, 6.07) is 2.69. The smallest absolute Gasteiger partial charge is 0.0960 e. The largest absolute Gasteiger partial charge is 0.312 e. The van der Waals surface area contributed by atoms with Crippen LogP contribution in [0.5, 0.6) is 0 Å². The quantitative estimate of drug-likeness (QED) is 0.725. The van der Waals surface area contributed by atoms with E-state index in [-0.39, 0.29) is 0 Å². The van der Waals surface area contributed by atoms with Gasteiger partial charge in [0.15, 0.2) is 0 Å². The van der Waals surface area contributed by atoms with Gasteiger partial charge in [0.1, 0.15) is 0 Å². The van der Waals surface area contributed by atoms with E-state index in [1.807, 2.05) is 7.05 Å². The van der Waals surface area contributed by atoms with Crippen LogP contribution in [0, 0.1) is 6.92 Å². The van der Waals surface area contributed by atoms with Gasteiger partial charge in [0.2, 0.25) is 0 Å². The van der Waals surface area contributed by atoms with E-state index >= 15 is 0 Å². The molecule has 1 rings (SSSR count). The Hall–Kier alpha value is -0.0500. The Bertz CT molecular complexity index is 276. The summed E-state index contributed by atoms with van der Waals surface area (Å²) in [7, 11) is 2.03. The molecular weight excluding hydrogens is 226 g/mol. The zero-order valence-electron chi connectivity index (χ0n) is 9.77. The first-order valence-electron chi connectivity index (χ1n) is 5.62. The number of nitrogens with one attached hydrogen (secondary N) is 1. The lowest BCUT2D eigenvalue weighted by molar-refractivity contribution is 0.518. The Morgan fingerprint density at radius 3 is 2.67 bits per heavy atom. The molecule has 0 amide bonds. The van der Waals surface area contributed by atoms with E-state index in [0.717, 1.165) is 4.34 Å². The molecule has 1 heterocycles. The highest BCUT2D eigenvalue weighted by molar-refractivity contribution is 7.16. The summed E-state index contributed by atoms with van der Waals surface area (Å²) >= 11 is 7.79. The number of hydrogen-bond acceptors (Lipinski definition) is 2. The predicted octanol–water partition coefficient (Wildman–Crippen LogP) is 4.55. The van der Waals surface area contributed by atoms with Crippen molar-refractivity contribution in [3.8, 4) is 0 Å². The van der Waals surface area contributed by atoms with Crippen LogP contribution in [-0.2, 0) is 0 Å². The first kappa shape index (κ1) is 13.0. The second-order valence-electron chi connectivity index (χ2n) is 3.94. The molecule has 3 heteroatoms. The molecule has 0 aromatic carbocycles. The van der Waals surface area contributed by atoms with Crippen molar-refractivity contribution in [2.75, 3.05) is 7.05 Å². The van der Waals surface area contributed by atoms with Crippen LogP contribution in [0.1, 0.15) is 49.1 Å². The van der Waals surface area contributed by atoms with Gasteiger partial charge in [-0.3, -0.25) is 0 Å². The van der Waals surface area contributed by atoms with Gasteiger partial charge >= 0.3 is 0 Å². The van der Waals surface area contributed by atoms with Crippen molar-refractivity contribution < 1.29 is 0 Å². The third-order valence-electron chi connectivity index (χ3n) is 2.66. The van der Waals surface area contributed by atoms with Crippen molar-refractivity contribution in [3.05, 3.63) is 20.8 Å². The molecule has 86 valence electrons. The van der Waals surface area contributed by atoms with Crippen molar-refractivity contribution in [3.63, 3.8) is 0 Å². The molecule has 0 bridgehead atoms. The number of aryl methyl sites for hydroxylation is 1. The Morgan fingerprint density at radius 2 is 2.20 bits per heavy atom. The van der Waals surface area contributed by atoms with E-state index in [4.69, 9.17) is 11.6 Å². The van der Waals surface area contributed by atoms with E-state index in [0.29, 0.717) is 6.04 Å². The molecule has 15 heavy (non-hydrogen) atoms. The molecule has 1 unspecified atom stereocenters. The molecule has 1 N–H and O–H groups in total. The lowest BCUT2D eigenvalue weighted by atomic mass is 10.1. The molecular formula is C12H20ClNS. The molecule has 0 spiro atoms. The first-order chi connectivity index (χ1) is 7.19. The standard InChI is InChI=1S/C12H20ClNS/c1-4-5-6-7-10(14-3)11-8-9(2)12(13)15-11/h8,10,14H,4-7H2,1-3H3. The van der Waals surface area contributed by atoms with Crippen LogP contribution in [0.2, 0.25) is 4.34 Å². The lowest BCUT2D eigenvalue weighted by Crippen LogP contribution is -2.14. The molecule has 1 nitrogen and oxygen atoms in total. The molecule has 1 aromatic heterocycles. The van der Waals surface area contributed by atoms with Crippen molar-refractivity contribution in [2.24, 2.45) is 0 Å². The maximum Gasteiger partial charge on any atom is 0.0960 e. The second kappa shape index (κ2) is 6.51. The first-order valence-corrected chi connectivity index (χ1v) is 6.81. The number of thiophene rings is 1. The third kappa shape index (κ3) is 3.78.